The summed E-state index contributed by atoms with van der Waals surface area (Å²) in [6, 6.07) is 5.85. The van der Waals surface area contributed by atoms with Gasteiger partial charge in [0.2, 0.25) is 0 Å². The number of aromatic amines is 1. The number of para-hydroxylation sites is 1. The van der Waals surface area contributed by atoms with Crippen LogP contribution in [-0.2, 0) is 0 Å². The molecule has 0 saturated heterocycles. The molecule has 0 amide bonds. The molecule has 3 nitrogen and oxygen atoms in total. The fourth-order valence-corrected chi connectivity index (χ4v) is 1.88. The van der Waals surface area contributed by atoms with Crippen molar-refractivity contribution in [2.75, 3.05) is 5.73 Å². The SMILES string of the molecule is CCCC(C)c1nc2c(N)cccc2[nH]1. The molecule has 0 aliphatic heterocycles. The zero-order valence-corrected chi connectivity index (χ0v) is 9.25. The predicted molar refractivity (Wildman–Crippen MR) is 63.8 cm³/mol. The predicted octanol–water partition coefficient (Wildman–Crippen LogP) is 3.05. The monoisotopic (exact) mass is 203 g/mol. The summed E-state index contributed by atoms with van der Waals surface area (Å²) >= 11 is 0. The number of hydrogen-bond donors (Lipinski definition) is 2. The first-order valence-electron chi connectivity index (χ1n) is 5.46. The lowest BCUT2D eigenvalue weighted by Crippen LogP contribution is -1.95. The third-order valence-electron chi connectivity index (χ3n) is 2.75. The van der Waals surface area contributed by atoms with Crippen LogP contribution in [0.3, 0.4) is 0 Å². The Morgan fingerprint density at radius 2 is 2.27 bits per heavy atom. The van der Waals surface area contributed by atoms with Crippen molar-refractivity contribution in [2.24, 2.45) is 0 Å². The minimum atomic E-state index is 0.474. The Hall–Kier alpha value is -1.51. The van der Waals surface area contributed by atoms with E-state index in [0.29, 0.717) is 5.92 Å². The number of H-pyrrole nitrogens is 1. The molecule has 80 valence electrons. The van der Waals surface area contributed by atoms with Gasteiger partial charge in [0.05, 0.1) is 11.2 Å². The molecule has 3 heteroatoms. The van der Waals surface area contributed by atoms with E-state index in [-0.39, 0.29) is 0 Å². The molecule has 15 heavy (non-hydrogen) atoms. The number of nitrogens with one attached hydrogen (secondary N) is 1. The first kappa shape index (κ1) is 10.0. The summed E-state index contributed by atoms with van der Waals surface area (Å²) in [5.41, 5.74) is 8.54. The van der Waals surface area contributed by atoms with E-state index in [4.69, 9.17) is 5.73 Å². The summed E-state index contributed by atoms with van der Waals surface area (Å²) in [6.45, 7) is 4.38. The largest absolute Gasteiger partial charge is 0.397 e. The summed E-state index contributed by atoms with van der Waals surface area (Å²) in [5.74, 6) is 1.52. The van der Waals surface area contributed by atoms with Gasteiger partial charge in [-0.1, -0.05) is 26.3 Å². The van der Waals surface area contributed by atoms with Crippen molar-refractivity contribution in [2.45, 2.75) is 32.6 Å². The van der Waals surface area contributed by atoms with E-state index >= 15 is 0 Å². The molecule has 1 aromatic carbocycles. The number of benzene rings is 1. The van der Waals surface area contributed by atoms with E-state index in [0.717, 1.165) is 29.0 Å². The highest BCUT2D eigenvalue weighted by Gasteiger charge is 2.10. The van der Waals surface area contributed by atoms with E-state index in [9.17, 15) is 0 Å². The van der Waals surface area contributed by atoms with Gasteiger partial charge in [-0.15, -0.1) is 0 Å². The van der Waals surface area contributed by atoms with Gasteiger partial charge in [0, 0.05) is 5.92 Å². The highest BCUT2D eigenvalue weighted by molar-refractivity contribution is 5.86. The van der Waals surface area contributed by atoms with Crippen LogP contribution in [0.2, 0.25) is 0 Å². The number of anilines is 1. The lowest BCUT2D eigenvalue weighted by Gasteiger charge is -2.04. The van der Waals surface area contributed by atoms with Gasteiger partial charge in [-0.05, 0) is 18.6 Å². The fraction of sp³-hybridized carbons (Fsp3) is 0.417. The number of nitrogens with zero attached hydrogens (tertiary/aromatic N) is 1. The summed E-state index contributed by atoms with van der Waals surface area (Å²) < 4.78 is 0. The van der Waals surface area contributed by atoms with E-state index in [2.05, 4.69) is 23.8 Å². The summed E-state index contributed by atoms with van der Waals surface area (Å²) in [6.07, 6.45) is 2.33. The van der Waals surface area contributed by atoms with Crippen molar-refractivity contribution in [3.05, 3.63) is 24.0 Å². The quantitative estimate of drug-likeness (QED) is 0.753. The third-order valence-corrected chi connectivity index (χ3v) is 2.75. The second-order valence-electron chi connectivity index (χ2n) is 4.06. The van der Waals surface area contributed by atoms with Crippen molar-refractivity contribution in [1.29, 1.82) is 0 Å². The van der Waals surface area contributed by atoms with Gasteiger partial charge in [0.15, 0.2) is 0 Å². The molecule has 3 N–H and O–H groups in total. The average molecular weight is 203 g/mol. The van der Waals surface area contributed by atoms with Crippen LogP contribution in [0.25, 0.3) is 11.0 Å². The molecule has 0 saturated carbocycles. The summed E-state index contributed by atoms with van der Waals surface area (Å²) in [7, 11) is 0. The smallest absolute Gasteiger partial charge is 0.111 e. The van der Waals surface area contributed by atoms with Crippen LogP contribution in [0.15, 0.2) is 18.2 Å². The number of aromatic nitrogens is 2. The summed E-state index contributed by atoms with van der Waals surface area (Å²) in [4.78, 5) is 7.88. The van der Waals surface area contributed by atoms with Gasteiger partial charge in [0.1, 0.15) is 11.3 Å². The standard InChI is InChI=1S/C12H17N3/c1-3-5-8(2)12-14-10-7-4-6-9(13)11(10)15-12/h4,6-8H,3,5,13H2,1-2H3,(H,14,15). The molecule has 2 rings (SSSR count). The van der Waals surface area contributed by atoms with Gasteiger partial charge in [-0.25, -0.2) is 4.98 Å². The highest BCUT2D eigenvalue weighted by Crippen LogP contribution is 2.23. The van der Waals surface area contributed by atoms with Gasteiger partial charge in [-0.2, -0.15) is 0 Å². The van der Waals surface area contributed by atoms with Gasteiger partial charge in [-0.3, -0.25) is 0 Å². The van der Waals surface area contributed by atoms with Gasteiger partial charge >= 0.3 is 0 Å². The molecule has 0 spiro atoms. The average Bonchev–Trinajstić information content (AvgIpc) is 2.63. The Labute approximate surface area is 89.7 Å². The highest BCUT2D eigenvalue weighted by atomic mass is 14.9. The molecule has 0 radical (unpaired) electrons. The minimum Gasteiger partial charge on any atom is -0.397 e. The number of nitrogen functional groups attached to an aromatic ring is 1. The molecular formula is C12H17N3. The lowest BCUT2D eigenvalue weighted by atomic mass is 10.1. The number of hydrogen-bond acceptors (Lipinski definition) is 2. The van der Waals surface area contributed by atoms with Crippen LogP contribution in [0.1, 0.15) is 38.4 Å². The molecule has 1 atom stereocenters. The molecule has 2 aromatic rings. The fourth-order valence-electron chi connectivity index (χ4n) is 1.88. The van der Waals surface area contributed by atoms with E-state index in [1.165, 1.54) is 6.42 Å². The second-order valence-corrected chi connectivity index (χ2v) is 4.06. The normalized spacial score (nSPS) is 13.2. The molecule has 0 fully saturated rings. The first-order chi connectivity index (χ1) is 7.22. The molecular weight excluding hydrogens is 186 g/mol. The van der Waals surface area contributed by atoms with Crippen LogP contribution >= 0.6 is 0 Å². The Balaban J connectivity index is 2.43. The summed E-state index contributed by atoms with van der Waals surface area (Å²) in [5, 5.41) is 0. The van der Waals surface area contributed by atoms with Crippen molar-refractivity contribution >= 4 is 16.7 Å². The Morgan fingerprint density at radius 3 is 2.93 bits per heavy atom. The molecule has 0 bridgehead atoms. The number of imidazole rings is 1. The number of nitrogens with two attached hydrogens (primary N) is 1. The molecule has 1 unspecified atom stereocenters. The minimum absolute atomic E-state index is 0.474. The van der Waals surface area contributed by atoms with Crippen LogP contribution in [0.4, 0.5) is 5.69 Å². The van der Waals surface area contributed by atoms with Crippen molar-refractivity contribution in [1.82, 2.24) is 9.97 Å². The maximum absolute atomic E-state index is 5.86. The maximum Gasteiger partial charge on any atom is 0.111 e. The Morgan fingerprint density at radius 1 is 1.47 bits per heavy atom. The van der Waals surface area contributed by atoms with Crippen LogP contribution in [0, 0.1) is 0 Å². The van der Waals surface area contributed by atoms with Crippen molar-refractivity contribution < 1.29 is 0 Å². The van der Waals surface area contributed by atoms with Crippen LogP contribution in [0.5, 0.6) is 0 Å². The Kier molecular flexibility index (Phi) is 2.62. The van der Waals surface area contributed by atoms with Gasteiger partial charge in [0.25, 0.3) is 0 Å². The zero-order valence-electron chi connectivity index (χ0n) is 9.25. The molecule has 1 heterocycles. The van der Waals surface area contributed by atoms with Gasteiger partial charge < -0.3 is 10.7 Å². The van der Waals surface area contributed by atoms with E-state index in [1.807, 2.05) is 18.2 Å². The molecule has 1 aromatic heterocycles. The number of rotatable bonds is 3. The van der Waals surface area contributed by atoms with Crippen molar-refractivity contribution in [3.8, 4) is 0 Å². The topological polar surface area (TPSA) is 54.7 Å². The van der Waals surface area contributed by atoms with Crippen LogP contribution in [-0.4, -0.2) is 9.97 Å². The molecule has 0 aliphatic rings. The van der Waals surface area contributed by atoms with E-state index in [1.54, 1.807) is 0 Å². The second kappa shape index (κ2) is 3.93. The zero-order chi connectivity index (χ0) is 10.8. The van der Waals surface area contributed by atoms with E-state index < -0.39 is 0 Å². The lowest BCUT2D eigenvalue weighted by molar-refractivity contribution is 0.636. The third kappa shape index (κ3) is 1.82. The first-order valence-corrected chi connectivity index (χ1v) is 5.46. The molecule has 0 aliphatic carbocycles. The number of fused-ring (bicyclic) bond motifs is 1. The van der Waals surface area contributed by atoms with Crippen molar-refractivity contribution in [3.63, 3.8) is 0 Å². The maximum atomic E-state index is 5.86. The van der Waals surface area contributed by atoms with Crippen LogP contribution < -0.4 is 5.73 Å². The Bertz CT molecular complexity index is 459.